The number of aromatic nitrogens is 1. The van der Waals surface area contributed by atoms with Crippen molar-refractivity contribution in [1.29, 1.82) is 0 Å². The number of nitrogens with one attached hydrogen (secondary N) is 1. The number of fused-ring (bicyclic) bond motifs is 1. The van der Waals surface area contributed by atoms with E-state index in [9.17, 15) is 18.5 Å². The summed E-state index contributed by atoms with van der Waals surface area (Å²) in [5.41, 5.74) is 1.06. The number of ether oxygens (including phenoxy) is 2. The van der Waals surface area contributed by atoms with Crippen molar-refractivity contribution in [3.05, 3.63) is 64.4 Å². The number of non-ortho nitro benzene ring substituents is 1. The van der Waals surface area contributed by atoms with Crippen molar-refractivity contribution < 1.29 is 27.3 Å². The standard InChI is InChI=1S/C17H13N3O7S/c21-20(22)12-2-4-14(5-3-12)28(23,24)18-9-13-8-15(19-27-13)11-1-6-16-17(7-11)26-10-25-16/h1-8,18H,9-10H2. The highest BCUT2D eigenvalue weighted by Gasteiger charge is 2.18. The molecule has 0 fully saturated rings. The Morgan fingerprint density at radius 3 is 2.57 bits per heavy atom. The highest BCUT2D eigenvalue weighted by Crippen LogP contribution is 2.35. The van der Waals surface area contributed by atoms with Crippen molar-refractivity contribution in [2.45, 2.75) is 11.4 Å². The molecule has 2 aromatic carbocycles. The Bertz CT molecular complexity index is 1140. The van der Waals surface area contributed by atoms with Crippen LogP contribution in [0.3, 0.4) is 0 Å². The van der Waals surface area contributed by atoms with Gasteiger partial charge in [0.15, 0.2) is 17.3 Å². The zero-order valence-electron chi connectivity index (χ0n) is 14.2. The van der Waals surface area contributed by atoms with Gasteiger partial charge in [-0.15, -0.1) is 0 Å². The van der Waals surface area contributed by atoms with Crippen LogP contribution in [0.5, 0.6) is 11.5 Å². The van der Waals surface area contributed by atoms with Gasteiger partial charge in [-0.3, -0.25) is 10.1 Å². The molecule has 10 nitrogen and oxygen atoms in total. The van der Waals surface area contributed by atoms with Gasteiger partial charge in [-0.25, -0.2) is 13.1 Å². The van der Waals surface area contributed by atoms with E-state index in [2.05, 4.69) is 9.88 Å². The normalized spacial score (nSPS) is 12.9. The summed E-state index contributed by atoms with van der Waals surface area (Å²) in [4.78, 5) is 9.97. The van der Waals surface area contributed by atoms with Gasteiger partial charge in [-0.1, -0.05) is 5.16 Å². The van der Waals surface area contributed by atoms with Crippen LogP contribution >= 0.6 is 0 Å². The molecule has 1 aliphatic rings. The smallest absolute Gasteiger partial charge is 0.269 e. The summed E-state index contributed by atoms with van der Waals surface area (Å²) in [7, 11) is -3.86. The van der Waals surface area contributed by atoms with Gasteiger partial charge in [-0.05, 0) is 30.3 Å². The van der Waals surface area contributed by atoms with Gasteiger partial charge >= 0.3 is 0 Å². The number of rotatable bonds is 6. The number of nitro groups is 1. The zero-order valence-corrected chi connectivity index (χ0v) is 15.0. The summed E-state index contributed by atoms with van der Waals surface area (Å²) in [6, 6.07) is 11.5. The fraction of sp³-hybridized carbons (Fsp3) is 0.118. The minimum Gasteiger partial charge on any atom is -0.454 e. The van der Waals surface area contributed by atoms with Crippen molar-refractivity contribution in [2.24, 2.45) is 0 Å². The Labute approximate surface area is 158 Å². The number of nitrogens with zero attached hydrogens (tertiary/aromatic N) is 2. The number of sulfonamides is 1. The predicted octanol–water partition coefficient (Wildman–Crippen LogP) is 2.46. The van der Waals surface area contributed by atoms with E-state index in [1.54, 1.807) is 24.3 Å². The Hall–Kier alpha value is -3.44. The van der Waals surface area contributed by atoms with Crippen LogP contribution < -0.4 is 14.2 Å². The van der Waals surface area contributed by atoms with Crippen LogP contribution in [-0.2, 0) is 16.6 Å². The molecule has 1 N–H and O–H groups in total. The molecular weight excluding hydrogens is 390 g/mol. The molecule has 0 radical (unpaired) electrons. The molecule has 0 unspecified atom stereocenters. The first-order chi connectivity index (χ1) is 13.4. The van der Waals surface area contributed by atoms with Crippen LogP contribution in [-0.4, -0.2) is 25.3 Å². The van der Waals surface area contributed by atoms with Crippen molar-refractivity contribution >= 4 is 15.7 Å². The van der Waals surface area contributed by atoms with E-state index in [0.29, 0.717) is 23.0 Å². The largest absolute Gasteiger partial charge is 0.454 e. The second-order valence-corrected chi connectivity index (χ2v) is 7.59. The molecule has 1 aromatic heterocycles. The summed E-state index contributed by atoms with van der Waals surface area (Å²) >= 11 is 0. The highest BCUT2D eigenvalue weighted by molar-refractivity contribution is 7.89. The lowest BCUT2D eigenvalue weighted by Crippen LogP contribution is -2.22. The maximum absolute atomic E-state index is 12.3. The molecule has 0 spiro atoms. The maximum atomic E-state index is 12.3. The third-order valence-electron chi connectivity index (χ3n) is 4.02. The van der Waals surface area contributed by atoms with Crippen LogP contribution in [0.25, 0.3) is 11.3 Å². The number of benzene rings is 2. The van der Waals surface area contributed by atoms with Gasteiger partial charge < -0.3 is 14.0 Å². The molecule has 144 valence electrons. The van der Waals surface area contributed by atoms with Crippen LogP contribution in [0.15, 0.2) is 57.9 Å². The predicted molar refractivity (Wildman–Crippen MR) is 95.2 cm³/mol. The molecule has 2 heterocycles. The minimum absolute atomic E-state index is 0.0893. The van der Waals surface area contributed by atoms with Gasteiger partial charge in [0.2, 0.25) is 16.8 Å². The third kappa shape index (κ3) is 3.52. The molecule has 28 heavy (non-hydrogen) atoms. The fourth-order valence-electron chi connectivity index (χ4n) is 2.58. The molecule has 0 saturated carbocycles. The van der Waals surface area contributed by atoms with Gasteiger partial charge in [0, 0.05) is 23.8 Å². The van der Waals surface area contributed by atoms with Crippen LogP contribution in [0.1, 0.15) is 5.76 Å². The topological polar surface area (TPSA) is 134 Å². The van der Waals surface area contributed by atoms with Crippen molar-refractivity contribution in [3.63, 3.8) is 0 Å². The maximum Gasteiger partial charge on any atom is 0.269 e. The summed E-state index contributed by atoms with van der Waals surface area (Å²) in [5.74, 6) is 1.54. The molecule has 0 saturated heterocycles. The van der Waals surface area contributed by atoms with E-state index in [-0.39, 0.29) is 23.9 Å². The lowest BCUT2D eigenvalue weighted by Gasteiger charge is -2.04. The number of hydrogen-bond donors (Lipinski definition) is 1. The fourth-order valence-corrected chi connectivity index (χ4v) is 3.58. The summed E-state index contributed by atoms with van der Waals surface area (Å²) in [5, 5.41) is 14.6. The third-order valence-corrected chi connectivity index (χ3v) is 5.44. The van der Waals surface area contributed by atoms with E-state index in [1.807, 2.05) is 0 Å². The summed E-state index contributed by atoms with van der Waals surface area (Å²) in [6.45, 7) is 0.0319. The summed E-state index contributed by atoms with van der Waals surface area (Å²) in [6.07, 6.45) is 0. The lowest BCUT2D eigenvalue weighted by atomic mass is 10.1. The lowest BCUT2D eigenvalue weighted by molar-refractivity contribution is -0.384. The van der Waals surface area contributed by atoms with Crippen molar-refractivity contribution in [1.82, 2.24) is 9.88 Å². The Kier molecular flexibility index (Phi) is 4.45. The van der Waals surface area contributed by atoms with E-state index < -0.39 is 14.9 Å². The summed E-state index contributed by atoms with van der Waals surface area (Å²) < 4.78 is 42.8. The molecule has 3 aromatic rings. The Morgan fingerprint density at radius 2 is 1.82 bits per heavy atom. The number of nitro benzene ring substituents is 1. The SMILES string of the molecule is O=[N+]([O-])c1ccc(S(=O)(=O)NCc2cc(-c3ccc4c(c3)OCO4)no2)cc1. The molecule has 0 bridgehead atoms. The molecular formula is C17H13N3O7S. The van der Waals surface area contributed by atoms with Crippen LogP contribution in [0.2, 0.25) is 0 Å². The molecule has 11 heteroatoms. The van der Waals surface area contributed by atoms with Crippen LogP contribution in [0, 0.1) is 10.1 Å². The average molecular weight is 403 g/mol. The first kappa shape index (κ1) is 17.9. The first-order valence-electron chi connectivity index (χ1n) is 8.02. The van der Waals surface area contributed by atoms with Gasteiger partial charge in [0.25, 0.3) is 5.69 Å². The second-order valence-electron chi connectivity index (χ2n) is 5.82. The minimum atomic E-state index is -3.86. The quantitative estimate of drug-likeness (QED) is 0.490. The molecule has 0 aliphatic carbocycles. The van der Waals surface area contributed by atoms with E-state index in [4.69, 9.17) is 14.0 Å². The number of hydrogen-bond acceptors (Lipinski definition) is 8. The van der Waals surface area contributed by atoms with Crippen LogP contribution in [0.4, 0.5) is 5.69 Å². The second kappa shape index (κ2) is 6.94. The molecule has 1 aliphatic heterocycles. The van der Waals surface area contributed by atoms with E-state index in [0.717, 1.165) is 17.7 Å². The van der Waals surface area contributed by atoms with Crippen molar-refractivity contribution in [2.75, 3.05) is 6.79 Å². The highest BCUT2D eigenvalue weighted by atomic mass is 32.2. The first-order valence-corrected chi connectivity index (χ1v) is 9.50. The van der Waals surface area contributed by atoms with E-state index >= 15 is 0 Å². The monoisotopic (exact) mass is 403 g/mol. The molecule has 0 atom stereocenters. The van der Waals surface area contributed by atoms with Gasteiger partial charge in [-0.2, -0.15) is 0 Å². The Morgan fingerprint density at radius 1 is 1.07 bits per heavy atom. The van der Waals surface area contributed by atoms with E-state index in [1.165, 1.54) is 12.1 Å². The van der Waals surface area contributed by atoms with Gasteiger partial charge in [0.05, 0.1) is 16.4 Å². The zero-order chi connectivity index (χ0) is 19.7. The molecule has 4 rings (SSSR count). The Balaban J connectivity index is 1.46. The average Bonchev–Trinajstić information content (AvgIpc) is 3.35. The van der Waals surface area contributed by atoms with Crippen molar-refractivity contribution in [3.8, 4) is 22.8 Å². The molecule has 0 amide bonds. The van der Waals surface area contributed by atoms with Gasteiger partial charge in [0.1, 0.15) is 5.69 Å².